The van der Waals surface area contributed by atoms with Gasteiger partial charge in [0.05, 0.1) is 16.0 Å². The summed E-state index contributed by atoms with van der Waals surface area (Å²) in [6, 6.07) is 2.96. The van der Waals surface area contributed by atoms with E-state index in [0.29, 0.717) is 12.0 Å². The van der Waals surface area contributed by atoms with Crippen molar-refractivity contribution in [2.45, 2.75) is 13.3 Å². The smallest absolute Gasteiger partial charge is 0.252 e. The number of carbonyl (C=O) groups excluding carboxylic acids is 1. The second kappa shape index (κ2) is 4.63. The minimum Gasteiger partial charge on any atom is -0.365 e. The first-order valence-corrected chi connectivity index (χ1v) is 6.03. The van der Waals surface area contributed by atoms with Crippen molar-refractivity contribution in [3.63, 3.8) is 0 Å². The highest BCUT2D eigenvalue weighted by Gasteiger charge is 2.19. The molecule has 0 fully saturated rings. The van der Waals surface area contributed by atoms with Crippen LogP contribution < -0.4 is 5.73 Å². The van der Waals surface area contributed by atoms with E-state index in [-0.39, 0.29) is 5.56 Å². The number of thiazole rings is 1. The average Bonchev–Trinajstić information content (AvgIpc) is 2.81. The summed E-state index contributed by atoms with van der Waals surface area (Å²) in [5.41, 5.74) is 8.31. The summed E-state index contributed by atoms with van der Waals surface area (Å²) in [6.45, 7) is 1.95. The summed E-state index contributed by atoms with van der Waals surface area (Å²) in [7, 11) is 0. The third-order valence-corrected chi connectivity index (χ3v) is 3.34. The van der Waals surface area contributed by atoms with E-state index in [2.05, 4.69) is 4.98 Å². The van der Waals surface area contributed by atoms with Crippen molar-refractivity contribution in [3.05, 3.63) is 40.8 Å². The van der Waals surface area contributed by atoms with Crippen LogP contribution in [0.3, 0.4) is 0 Å². The molecule has 88 valence electrons. The molecule has 2 aromatic rings. The number of aryl methyl sites for hydroxylation is 1. The number of halogens is 1. The third-order valence-electron chi connectivity index (χ3n) is 2.55. The van der Waals surface area contributed by atoms with E-state index >= 15 is 0 Å². The Hall–Kier alpha value is -1.75. The fourth-order valence-corrected chi connectivity index (χ4v) is 2.48. The van der Waals surface area contributed by atoms with Gasteiger partial charge in [-0.2, -0.15) is 0 Å². The van der Waals surface area contributed by atoms with Gasteiger partial charge in [0, 0.05) is 11.8 Å². The highest BCUT2D eigenvalue weighted by Crippen LogP contribution is 2.32. The lowest BCUT2D eigenvalue weighted by Crippen LogP contribution is -2.15. The molecular formula is C12H11FN2OS. The van der Waals surface area contributed by atoms with E-state index in [1.165, 1.54) is 17.4 Å². The first-order valence-electron chi connectivity index (χ1n) is 5.15. The molecule has 0 saturated carbocycles. The standard InChI is InChI=1S/C12H11FN2OS/c1-2-7-3-4-8(13)11(12(14)16)10(7)9-5-15-6-17-9/h3-6H,2H2,1H3,(H2,14,16). The number of primary amides is 1. The van der Waals surface area contributed by atoms with Crippen molar-refractivity contribution in [3.8, 4) is 10.4 Å². The Morgan fingerprint density at radius 2 is 2.29 bits per heavy atom. The molecule has 17 heavy (non-hydrogen) atoms. The number of amides is 1. The molecule has 0 aliphatic heterocycles. The normalized spacial score (nSPS) is 10.5. The Morgan fingerprint density at radius 1 is 1.53 bits per heavy atom. The fraction of sp³-hybridized carbons (Fsp3) is 0.167. The molecule has 1 aromatic heterocycles. The Balaban J connectivity index is 2.77. The first kappa shape index (κ1) is 11.7. The highest BCUT2D eigenvalue weighted by molar-refractivity contribution is 7.13. The summed E-state index contributed by atoms with van der Waals surface area (Å²) >= 11 is 1.36. The van der Waals surface area contributed by atoms with Gasteiger partial charge in [0.15, 0.2) is 0 Å². The van der Waals surface area contributed by atoms with E-state index in [0.717, 1.165) is 10.4 Å². The van der Waals surface area contributed by atoms with Crippen LogP contribution in [0.15, 0.2) is 23.8 Å². The molecule has 0 aliphatic carbocycles. The average molecular weight is 250 g/mol. The largest absolute Gasteiger partial charge is 0.365 e. The van der Waals surface area contributed by atoms with Crippen LogP contribution >= 0.6 is 11.3 Å². The number of hydrogen-bond donors (Lipinski definition) is 1. The van der Waals surface area contributed by atoms with Crippen LogP contribution in [0.2, 0.25) is 0 Å². The highest BCUT2D eigenvalue weighted by atomic mass is 32.1. The van der Waals surface area contributed by atoms with Crippen molar-refractivity contribution in [2.75, 3.05) is 0 Å². The molecule has 0 spiro atoms. The van der Waals surface area contributed by atoms with Crippen molar-refractivity contribution < 1.29 is 9.18 Å². The zero-order valence-electron chi connectivity index (χ0n) is 9.24. The molecule has 0 saturated heterocycles. The SMILES string of the molecule is CCc1ccc(F)c(C(N)=O)c1-c1cncs1. The van der Waals surface area contributed by atoms with E-state index in [1.807, 2.05) is 6.92 Å². The van der Waals surface area contributed by atoms with Gasteiger partial charge in [-0.15, -0.1) is 11.3 Å². The minimum atomic E-state index is -0.749. The van der Waals surface area contributed by atoms with Gasteiger partial charge < -0.3 is 5.73 Å². The van der Waals surface area contributed by atoms with Gasteiger partial charge in [-0.3, -0.25) is 9.78 Å². The molecule has 1 heterocycles. The zero-order valence-corrected chi connectivity index (χ0v) is 10.1. The lowest BCUT2D eigenvalue weighted by molar-refractivity contribution is 0.0997. The zero-order chi connectivity index (χ0) is 12.4. The Bertz CT molecular complexity index is 552. The van der Waals surface area contributed by atoms with Crippen molar-refractivity contribution in [2.24, 2.45) is 5.73 Å². The molecule has 0 aliphatic rings. The molecular weight excluding hydrogens is 239 g/mol. The maximum absolute atomic E-state index is 13.7. The van der Waals surface area contributed by atoms with Crippen LogP contribution in [0.25, 0.3) is 10.4 Å². The molecule has 0 atom stereocenters. The van der Waals surface area contributed by atoms with E-state index < -0.39 is 11.7 Å². The summed E-state index contributed by atoms with van der Waals surface area (Å²) < 4.78 is 13.7. The number of nitrogens with zero attached hydrogens (tertiary/aromatic N) is 1. The number of aromatic nitrogens is 1. The predicted molar refractivity (Wildman–Crippen MR) is 65.4 cm³/mol. The predicted octanol–water partition coefficient (Wildman–Crippen LogP) is 2.61. The number of rotatable bonds is 3. The lowest BCUT2D eigenvalue weighted by Gasteiger charge is -2.10. The van der Waals surface area contributed by atoms with Gasteiger partial charge in [-0.25, -0.2) is 4.39 Å². The van der Waals surface area contributed by atoms with Crippen molar-refractivity contribution in [1.29, 1.82) is 0 Å². The first-order chi connectivity index (χ1) is 8.15. The van der Waals surface area contributed by atoms with Crippen LogP contribution in [0, 0.1) is 5.82 Å². The van der Waals surface area contributed by atoms with Crippen molar-refractivity contribution >= 4 is 17.2 Å². The second-order valence-corrected chi connectivity index (χ2v) is 4.43. The maximum atomic E-state index is 13.7. The van der Waals surface area contributed by atoms with Crippen LogP contribution in [0.4, 0.5) is 4.39 Å². The molecule has 3 nitrogen and oxygen atoms in total. The maximum Gasteiger partial charge on any atom is 0.252 e. The van der Waals surface area contributed by atoms with Gasteiger partial charge in [-0.1, -0.05) is 13.0 Å². The molecule has 0 radical (unpaired) electrons. The number of nitrogens with two attached hydrogens (primary N) is 1. The monoisotopic (exact) mass is 250 g/mol. The second-order valence-electron chi connectivity index (χ2n) is 3.54. The molecule has 1 aromatic carbocycles. The summed E-state index contributed by atoms with van der Waals surface area (Å²) in [5.74, 6) is -1.33. The summed E-state index contributed by atoms with van der Waals surface area (Å²) in [5, 5.41) is 0. The van der Waals surface area contributed by atoms with Crippen LogP contribution in [-0.4, -0.2) is 10.9 Å². The Kier molecular flexibility index (Phi) is 3.19. The van der Waals surface area contributed by atoms with Crippen LogP contribution in [0.1, 0.15) is 22.8 Å². The third kappa shape index (κ3) is 2.06. The van der Waals surface area contributed by atoms with Gasteiger partial charge in [0.1, 0.15) is 5.82 Å². The summed E-state index contributed by atoms with van der Waals surface area (Å²) in [4.78, 5) is 16.1. The molecule has 2 N–H and O–H groups in total. The molecule has 1 amide bonds. The number of hydrogen-bond acceptors (Lipinski definition) is 3. The molecule has 5 heteroatoms. The van der Waals surface area contributed by atoms with Gasteiger partial charge in [0.2, 0.25) is 0 Å². The Labute approximate surface area is 102 Å². The molecule has 2 rings (SSSR count). The summed E-state index contributed by atoms with van der Waals surface area (Å²) in [6.07, 6.45) is 2.32. The molecule has 0 bridgehead atoms. The lowest BCUT2D eigenvalue weighted by atomic mass is 9.97. The van der Waals surface area contributed by atoms with Crippen LogP contribution in [0.5, 0.6) is 0 Å². The van der Waals surface area contributed by atoms with Crippen molar-refractivity contribution in [1.82, 2.24) is 4.98 Å². The topological polar surface area (TPSA) is 56.0 Å². The number of carbonyl (C=O) groups is 1. The fourth-order valence-electron chi connectivity index (χ4n) is 1.78. The molecule has 0 unspecified atom stereocenters. The van der Waals surface area contributed by atoms with E-state index in [4.69, 9.17) is 5.73 Å². The van der Waals surface area contributed by atoms with Gasteiger partial charge >= 0.3 is 0 Å². The van der Waals surface area contributed by atoms with Gasteiger partial charge in [0.25, 0.3) is 5.91 Å². The minimum absolute atomic E-state index is 0.0476. The van der Waals surface area contributed by atoms with E-state index in [1.54, 1.807) is 17.8 Å². The van der Waals surface area contributed by atoms with Gasteiger partial charge in [-0.05, 0) is 18.1 Å². The van der Waals surface area contributed by atoms with Crippen LogP contribution in [-0.2, 0) is 6.42 Å². The Morgan fingerprint density at radius 3 is 2.82 bits per heavy atom. The quantitative estimate of drug-likeness (QED) is 0.910. The number of benzene rings is 1. The van der Waals surface area contributed by atoms with E-state index in [9.17, 15) is 9.18 Å².